The molecule has 0 spiro atoms. The summed E-state index contributed by atoms with van der Waals surface area (Å²) in [6, 6.07) is 3.67. The third kappa shape index (κ3) is 3.07. The summed E-state index contributed by atoms with van der Waals surface area (Å²) in [5.41, 5.74) is 6.62. The molecule has 2 heterocycles. The minimum absolute atomic E-state index is 0.500. The SMILES string of the molecule is CCCc1cnn(-c2cc(OCCN)ccn2)c1. The predicted molar refractivity (Wildman–Crippen MR) is 69.9 cm³/mol. The molecule has 18 heavy (non-hydrogen) atoms. The van der Waals surface area contributed by atoms with E-state index in [-0.39, 0.29) is 0 Å². The highest BCUT2D eigenvalue weighted by atomic mass is 16.5. The van der Waals surface area contributed by atoms with E-state index in [2.05, 4.69) is 17.0 Å². The van der Waals surface area contributed by atoms with Crippen LogP contribution < -0.4 is 10.5 Å². The first-order valence-corrected chi connectivity index (χ1v) is 6.16. The van der Waals surface area contributed by atoms with Crippen molar-refractivity contribution in [1.29, 1.82) is 0 Å². The molecular formula is C13H18N4O. The van der Waals surface area contributed by atoms with Gasteiger partial charge < -0.3 is 10.5 Å². The number of hydrogen-bond donors (Lipinski definition) is 1. The van der Waals surface area contributed by atoms with Crippen LogP contribution in [0.5, 0.6) is 5.75 Å². The molecule has 96 valence electrons. The van der Waals surface area contributed by atoms with Crippen LogP contribution in [0.25, 0.3) is 5.82 Å². The molecule has 2 rings (SSSR count). The van der Waals surface area contributed by atoms with E-state index >= 15 is 0 Å². The average Bonchev–Trinajstić information content (AvgIpc) is 2.86. The van der Waals surface area contributed by atoms with Gasteiger partial charge in [-0.1, -0.05) is 13.3 Å². The van der Waals surface area contributed by atoms with Crippen molar-refractivity contribution in [2.75, 3.05) is 13.2 Å². The van der Waals surface area contributed by atoms with Crippen molar-refractivity contribution in [2.24, 2.45) is 5.73 Å². The quantitative estimate of drug-likeness (QED) is 0.840. The van der Waals surface area contributed by atoms with Gasteiger partial charge in [0.15, 0.2) is 5.82 Å². The largest absolute Gasteiger partial charge is 0.492 e. The number of hydrogen-bond acceptors (Lipinski definition) is 4. The van der Waals surface area contributed by atoms with Crippen LogP contribution in [0.3, 0.4) is 0 Å². The van der Waals surface area contributed by atoms with E-state index in [9.17, 15) is 0 Å². The second-order valence-corrected chi connectivity index (χ2v) is 4.03. The first-order valence-electron chi connectivity index (χ1n) is 6.16. The maximum absolute atomic E-state index is 5.47. The Morgan fingerprint density at radius 2 is 2.33 bits per heavy atom. The summed E-state index contributed by atoms with van der Waals surface area (Å²) in [5.74, 6) is 1.52. The lowest BCUT2D eigenvalue weighted by Gasteiger charge is -2.06. The second-order valence-electron chi connectivity index (χ2n) is 4.03. The highest BCUT2D eigenvalue weighted by Crippen LogP contribution is 2.14. The molecule has 0 aliphatic heterocycles. The summed E-state index contributed by atoms with van der Waals surface area (Å²) < 4.78 is 7.23. The summed E-state index contributed by atoms with van der Waals surface area (Å²) in [4.78, 5) is 4.28. The van der Waals surface area contributed by atoms with Gasteiger partial charge in [-0.2, -0.15) is 5.10 Å². The molecule has 5 heteroatoms. The van der Waals surface area contributed by atoms with Gasteiger partial charge in [0.1, 0.15) is 12.4 Å². The Balaban J connectivity index is 2.15. The van der Waals surface area contributed by atoms with Crippen LogP contribution in [-0.2, 0) is 6.42 Å². The molecule has 0 aliphatic rings. The number of aryl methyl sites for hydroxylation is 1. The van der Waals surface area contributed by atoms with E-state index in [4.69, 9.17) is 10.5 Å². The lowest BCUT2D eigenvalue weighted by molar-refractivity contribution is 0.328. The molecule has 0 saturated carbocycles. The molecule has 0 saturated heterocycles. The van der Waals surface area contributed by atoms with Crippen LogP contribution in [-0.4, -0.2) is 27.9 Å². The fraction of sp³-hybridized carbons (Fsp3) is 0.385. The summed E-state index contributed by atoms with van der Waals surface area (Å²) in [5, 5.41) is 4.30. The van der Waals surface area contributed by atoms with E-state index in [1.165, 1.54) is 5.56 Å². The number of ether oxygens (including phenoxy) is 1. The summed E-state index contributed by atoms with van der Waals surface area (Å²) >= 11 is 0. The van der Waals surface area contributed by atoms with E-state index in [0.717, 1.165) is 24.4 Å². The van der Waals surface area contributed by atoms with Crippen molar-refractivity contribution in [3.05, 3.63) is 36.3 Å². The van der Waals surface area contributed by atoms with Crippen LogP contribution in [0.4, 0.5) is 0 Å². The van der Waals surface area contributed by atoms with Gasteiger partial charge in [-0.15, -0.1) is 0 Å². The fourth-order valence-electron chi connectivity index (χ4n) is 1.69. The zero-order valence-corrected chi connectivity index (χ0v) is 10.5. The number of pyridine rings is 1. The molecule has 2 aromatic rings. The Labute approximate surface area is 107 Å². The monoisotopic (exact) mass is 246 g/mol. The van der Waals surface area contributed by atoms with Crippen molar-refractivity contribution in [3.8, 4) is 11.6 Å². The van der Waals surface area contributed by atoms with Crippen LogP contribution >= 0.6 is 0 Å². The van der Waals surface area contributed by atoms with Gasteiger partial charge in [-0.25, -0.2) is 9.67 Å². The lowest BCUT2D eigenvalue weighted by Crippen LogP contribution is -2.11. The normalized spacial score (nSPS) is 10.6. The van der Waals surface area contributed by atoms with Crippen LogP contribution in [0.1, 0.15) is 18.9 Å². The first-order chi connectivity index (χ1) is 8.83. The van der Waals surface area contributed by atoms with Gasteiger partial charge in [0.2, 0.25) is 0 Å². The third-order valence-electron chi connectivity index (χ3n) is 2.51. The smallest absolute Gasteiger partial charge is 0.156 e. The fourth-order valence-corrected chi connectivity index (χ4v) is 1.69. The second kappa shape index (κ2) is 6.16. The van der Waals surface area contributed by atoms with E-state index in [0.29, 0.717) is 13.2 Å². The number of aromatic nitrogens is 3. The molecule has 0 amide bonds. The zero-order valence-electron chi connectivity index (χ0n) is 10.5. The van der Waals surface area contributed by atoms with Crippen LogP contribution in [0.15, 0.2) is 30.7 Å². The highest BCUT2D eigenvalue weighted by Gasteiger charge is 2.03. The van der Waals surface area contributed by atoms with E-state index in [1.54, 1.807) is 10.9 Å². The number of nitrogens with zero attached hydrogens (tertiary/aromatic N) is 3. The maximum atomic E-state index is 5.47. The maximum Gasteiger partial charge on any atom is 0.156 e. The number of nitrogens with two attached hydrogens (primary N) is 1. The van der Waals surface area contributed by atoms with Crippen molar-refractivity contribution in [2.45, 2.75) is 19.8 Å². The number of rotatable bonds is 6. The minimum atomic E-state index is 0.500. The molecule has 2 aromatic heterocycles. The van der Waals surface area contributed by atoms with Crippen LogP contribution in [0.2, 0.25) is 0 Å². The molecule has 0 atom stereocenters. The van der Waals surface area contributed by atoms with Gasteiger partial charge in [-0.05, 0) is 18.1 Å². The molecule has 0 fully saturated rings. The van der Waals surface area contributed by atoms with Gasteiger partial charge in [0, 0.05) is 25.0 Å². The van der Waals surface area contributed by atoms with Crippen molar-refractivity contribution in [1.82, 2.24) is 14.8 Å². The zero-order chi connectivity index (χ0) is 12.8. The Morgan fingerprint density at radius 3 is 3.11 bits per heavy atom. The Hall–Kier alpha value is -1.88. The lowest BCUT2D eigenvalue weighted by atomic mass is 10.2. The van der Waals surface area contributed by atoms with Gasteiger partial charge >= 0.3 is 0 Å². The minimum Gasteiger partial charge on any atom is -0.492 e. The summed E-state index contributed by atoms with van der Waals surface area (Å²) in [7, 11) is 0. The van der Waals surface area contributed by atoms with Crippen molar-refractivity contribution in [3.63, 3.8) is 0 Å². The Morgan fingerprint density at radius 1 is 1.44 bits per heavy atom. The summed E-state index contributed by atoms with van der Waals surface area (Å²) in [6.07, 6.45) is 7.72. The molecule has 5 nitrogen and oxygen atoms in total. The van der Waals surface area contributed by atoms with Crippen molar-refractivity contribution < 1.29 is 4.74 Å². The molecule has 0 bridgehead atoms. The van der Waals surface area contributed by atoms with Gasteiger partial charge in [-0.3, -0.25) is 0 Å². The van der Waals surface area contributed by atoms with Crippen molar-refractivity contribution >= 4 is 0 Å². The Bertz CT molecular complexity index is 495. The molecule has 0 radical (unpaired) electrons. The average molecular weight is 246 g/mol. The highest BCUT2D eigenvalue weighted by molar-refractivity contribution is 5.32. The topological polar surface area (TPSA) is 66.0 Å². The van der Waals surface area contributed by atoms with Crippen LogP contribution in [0, 0.1) is 0 Å². The van der Waals surface area contributed by atoms with E-state index in [1.807, 2.05) is 24.5 Å². The summed E-state index contributed by atoms with van der Waals surface area (Å²) in [6.45, 7) is 3.15. The van der Waals surface area contributed by atoms with Gasteiger partial charge in [0.05, 0.1) is 6.20 Å². The van der Waals surface area contributed by atoms with E-state index < -0.39 is 0 Å². The predicted octanol–water partition coefficient (Wildman–Crippen LogP) is 1.56. The molecular weight excluding hydrogens is 228 g/mol. The molecule has 0 unspecified atom stereocenters. The third-order valence-corrected chi connectivity index (χ3v) is 2.51. The Kier molecular flexibility index (Phi) is 4.30. The first kappa shape index (κ1) is 12.6. The molecule has 0 aliphatic carbocycles. The molecule has 0 aromatic carbocycles. The van der Waals surface area contributed by atoms with Gasteiger partial charge in [0.25, 0.3) is 0 Å². The molecule has 2 N–H and O–H groups in total. The standard InChI is InChI=1S/C13H18N4O/c1-2-3-11-9-16-17(10-11)13-8-12(4-6-15-13)18-7-5-14/h4,6,8-10H,2-3,5,7,14H2,1H3.